The number of likely N-dealkylation sites (tertiary alicyclic amines) is 1. The molecule has 1 saturated heterocycles. The van der Waals surface area contributed by atoms with Gasteiger partial charge < -0.3 is 5.73 Å². The second kappa shape index (κ2) is 6.47. The SMILES string of the molecule is Cc1cc(=O)n2nc(CN3CC4CCCC(N)C4C3)sc2n1.Cl. The molecule has 0 amide bonds. The number of aromatic nitrogens is 3. The first-order valence-corrected chi connectivity index (χ1v) is 8.76. The smallest absolute Gasteiger partial charge is 0.275 e. The molecule has 1 aliphatic heterocycles. The van der Waals surface area contributed by atoms with Crippen LogP contribution < -0.4 is 11.3 Å². The van der Waals surface area contributed by atoms with E-state index in [1.165, 1.54) is 34.8 Å². The van der Waals surface area contributed by atoms with Crippen LogP contribution in [0.15, 0.2) is 10.9 Å². The average Bonchev–Trinajstić information content (AvgIpc) is 3.03. The van der Waals surface area contributed by atoms with E-state index in [9.17, 15) is 4.79 Å². The lowest BCUT2D eigenvalue weighted by molar-refractivity contribution is 0.259. The molecule has 23 heavy (non-hydrogen) atoms. The molecule has 0 bridgehead atoms. The molecule has 0 aromatic carbocycles. The maximum atomic E-state index is 11.9. The lowest BCUT2D eigenvalue weighted by Crippen LogP contribution is -2.38. The minimum atomic E-state index is -0.0953. The van der Waals surface area contributed by atoms with E-state index in [0.29, 0.717) is 16.9 Å². The third-order valence-electron chi connectivity index (χ3n) is 5.00. The van der Waals surface area contributed by atoms with Crippen molar-refractivity contribution in [2.45, 2.75) is 38.8 Å². The van der Waals surface area contributed by atoms with Crippen molar-refractivity contribution in [2.24, 2.45) is 17.6 Å². The van der Waals surface area contributed by atoms with Crippen LogP contribution in [-0.4, -0.2) is 38.6 Å². The molecule has 3 heterocycles. The van der Waals surface area contributed by atoms with Gasteiger partial charge in [0.15, 0.2) is 0 Å². The summed E-state index contributed by atoms with van der Waals surface area (Å²) >= 11 is 1.51. The Hall–Kier alpha value is -1.02. The Bertz CT molecular complexity index is 760. The number of nitrogens with two attached hydrogens (primary N) is 1. The molecular weight excluding hydrogens is 334 g/mol. The van der Waals surface area contributed by atoms with E-state index in [1.54, 1.807) is 0 Å². The van der Waals surface area contributed by atoms with Crippen molar-refractivity contribution < 1.29 is 0 Å². The second-order valence-corrected chi connectivity index (χ2v) is 7.68. The summed E-state index contributed by atoms with van der Waals surface area (Å²) in [5.41, 5.74) is 6.93. The molecule has 3 unspecified atom stereocenters. The fourth-order valence-electron chi connectivity index (χ4n) is 3.95. The van der Waals surface area contributed by atoms with Gasteiger partial charge in [0.2, 0.25) is 4.96 Å². The highest BCUT2D eigenvalue weighted by Crippen LogP contribution is 2.36. The quantitative estimate of drug-likeness (QED) is 0.882. The van der Waals surface area contributed by atoms with Gasteiger partial charge in [0.05, 0.1) is 6.54 Å². The Labute approximate surface area is 145 Å². The zero-order valence-corrected chi connectivity index (χ0v) is 14.8. The third kappa shape index (κ3) is 3.15. The van der Waals surface area contributed by atoms with Crippen molar-refractivity contribution in [3.63, 3.8) is 0 Å². The molecule has 2 fully saturated rings. The summed E-state index contributed by atoms with van der Waals surface area (Å²) in [6.45, 7) is 4.80. The Morgan fingerprint density at radius 3 is 3.00 bits per heavy atom. The van der Waals surface area contributed by atoms with Crippen molar-refractivity contribution in [1.29, 1.82) is 0 Å². The predicted molar refractivity (Wildman–Crippen MR) is 93.2 cm³/mol. The first kappa shape index (κ1) is 16.8. The molecule has 1 aliphatic carbocycles. The van der Waals surface area contributed by atoms with E-state index in [-0.39, 0.29) is 18.0 Å². The molecule has 0 spiro atoms. The van der Waals surface area contributed by atoms with E-state index < -0.39 is 0 Å². The summed E-state index contributed by atoms with van der Waals surface area (Å²) in [5.74, 6) is 1.37. The van der Waals surface area contributed by atoms with Crippen LogP contribution in [0.5, 0.6) is 0 Å². The molecular formula is C15H22ClN5OS. The number of halogens is 1. The highest BCUT2D eigenvalue weighted by molar-refractivity contribution is 7.16. The molecule has 1 saturated carbocycles. The van der Waals surface area contributed by atoms with Crippen LogP contribution in [0.3, 0.4) is 0 Å². The van der Waals surface area contributed by atoms with Crippen LogP contribution in [-0.2, 0) is 6.54 Å². The molecule has 4 rings (SSSR count). The number of fused-ring (bicyclic) bond motifs is 2. The fraction of sp³-hybridized carbons (Fsp3) is 0.667. The standard InChI is InChI=1S/C15H21N5OS.ClH/c1-9-5-14(21)20-15(17-9)22-13(18-20)8-19-6-10-3-2-4-12(16)11(10)7-19;/h5,10-12H,2-4,6-8,16H2,1H3;1H. The largest absolute Gasteiger partial charge is 0.327 e. The lowest BCUT2D eigenvalue weighted by Gasteiger charge is -2.29. The Kier molecular flexibility index (Phi) is 4.73. The molecule has 2 aliphatic rings. The van der Waals surface area contributed by atoms with E-state index in [1.807, 2.05) is 6.92 Å². The van der Waals surface area contributed by atoms with Crippen LogP contribution in [0.4, 0.5) is 0 Å². The number of aryl methyl sites for hydroxylation is 1. The minimum Gasteiger partial charge on any atom is -0.327 e. The Morgan fingerprint density at radius 2 is 2.22 bits per heavy atom. The topological polar surface area (TPSA) is 76.5 Å². The van der Waals surface area contributed by atoms with E-state index in [2.05, 4.69) is 15.0 Å². The van der Waals surface area contributed by atoms with Crippen molar-refractivity contribution in [3.8, 4) is 0 Å². The molecule has 0 radical (unpaired) electrons. The number of hydrogen-bond acceptors (Lipinski definition) is 6. The lowest BCUT2D eigenvalue weighted by atomic mass is 9.78. The van der Waals surface area contributed by atoms with Crippen LogP contribution in [0, 0.1) is 18.8 Å². The van der Waals surface area contributed by atoms with E-state index in [0.717, 1.165) is 42.7 Å². The number of hydrogen-bond donors (Lipinski definition) is 1. The summed E-state index contributed by atoms with van der Waals surface area (Å²) in [5, 5.41) is 5.40. The highest BCUT2D eigenvalue weighted by Gasteiger charge is 2.38. The van der Waals surface area contributed by atoms with Crippen LogP contribution >= 0.6 is 23.7 Å². The molecule has 6 nitrogen and oxygen atoms in total. The van der Waals surface area contributed by atoms with Gasteiger partial charge in [-0.1, -0.05) is 17.8 Å². The zero-order chi connectivity index (χ0) is 15.3. The fourth-order valence-corrected chi connectivity index (χ4v) is 4.94. The molecule has 2 aromatic heterocycles. The Morgan fingerprint density at radius 1 is 1.39 bits per heavy atom. The summed E-state index contributed by atoms with van der Waals surface area (Å²) in [6, 6.07) is 1.88. The predicted octanol–water partition coefficient (Wildman–Crippen LogP) is 1.44. The van der Waals surface area contributed by atoms with Gasteiger partial charge >= 0.3 is 0 Å². The normalized spacial score (nSPS) is 27.8. The van der Waals surface area contributed by atoms with Gasteiger partial charge in [-0.3, -0.25) is 9.69 Å². The summed E-state index contributed by atoms with van der Waals surface area (Å²) in [4.78, 5) is 19.5. The van der Waals surface area contributed by atoms with Gasteiger partial charge in [0.1, 0.15) is 5.01 Å². The molecule has 2 aromatic rings. The van der Waals surface area contributed by atoms with Crippen molar-refractivity contribution in [2.75, 3.05) is 13.1 Å². The summed E-state index contributed by atoms with van der Waals surface area (Å²) in [6.07, 6.45) is 3.72. The minimum absolute atomic E-state index is 0. The monoisotopic (exact) mass is 355 g/mol. The maximum absolute atomic E-state index is 11.9. The molecule has 3 atom stereocenters. The van der Waals surface area contributed by atoms with Crippen molar-refractivity contribution in [3.05, 3.63) is 27.1 Å². The van der Waals surface area contributed by atoms with E-state index >= 15 is 0 Å². The average molecular weight is 356 g/mol. The maximum Gasteiger partial charge on any atom is 0.275 e. The van der Waals surface area contributed by atoms with Gasteiger partial charge in [-0.05, 0) is 31.6 Å². The van der Waals surface area contributed by atoms with Crippen molar-refractivity contribution in [1.82, 2.24) is 19.5 Å². The zero-order valence-electron chi connectivity index (χ0n) is 13.1. The van der Waals surface area contributed by atoms with Crippen LogP contribution in [0.1, 0.15) is 30.0 Å². The third-order valence-corrected chi connectivity index (χ3v) is 5.90. The number of nitrogens with zero attached hydrogens (tertiary/aromatic N) is 4. The summed E-state index contributed by atoms with van der Waals surface area (Å²) in [7, 11) is 0. The molecule has 2 N–H and O–H groups in total. The van der Waals surface area contributed by atoms with Gasteiger partial charge in [0.25, 0.3) is 5.56 Å². The van der Waals surface area contributed by atoms with Gasteiger partial charge in [-0.15, -0.1) is 12.4 Å². The summed E-state index contributed by atoms with van der Waals surface area (Å²) < 4.78 is 1.42. The van der Waals surface area contributed by atoms with Crippen molar-refractivity contribution >= 4 is 28.7 Å². The molecule has 8 heteroatoms. The Balaban J connectivity index is 0.00000156. The van der Waals surface area contributed by atoms with Gasteiger partial charge in [0, 0.05) is 30.9 Å². The van der Waals surface area contributed by atoms with Gasteiger partial charge in [-0.25, -0.2) is 4.98 Å². The van der Waals surface area contributed by atoms with Crippen LogP contribution in [0.2, 0.25) is 0 Å². The second-order valence-electron chi connectivity index (χ2n) is 6.64. The van der Waals surface area contributed by atoms with Crippen LogP contribution in [0.25, 0.3) is 4.96 Å². The first-order chi connectivity index (χ1) is 10.6. The first-order valence-electron chi connectivity index (χ1n) is 7.94. The van der Waals surface area contributed by atoms with E-state index in [4.69, 9.17) is 5.73 Å². The molecule has 126 valence electrons. The highest BCUT2D eigenvalue weighted by atomic mass is 35.5. The van der Waals surface area contributed by atoms with Gasteiger partial charge in [-0.2, -0.15) is 9.61 Å². The number of rotatable bonds is 2.